The summed E-state index contributed by atoms with van der Waals surface area (Å²) in [5.41, 5.74) is 0.735. The molecule has 2 heterocycles. The third kappa shape index (κ3) is 1.41. The molecular formula is C10H8BrN3O2. The van der Waals surface area contributed by atoms with Gasteiger partial charge in [-0.25, -0.2) is 14.5 Å². The third-order valence-electron chi connectivity index (χ3n) is 2.61. The van der Waals surface area contributed by atoms with E-state index in [1.165, 1.54) is 0 Å². The van der Waals surface area contributed by atoms with Crippen LogP contribution in [0.25, 0.3) is 11.0 Å². The number of nitrogens with zero attached hydrogens (tertiary/aromatic N) is 3. The van der Waals surface area contributed by atoms with Crippen LogP contribution in [0.3, 0.4) is 0 Å². The average molecular weight is 282 g/mol. The minimum atomic E-state index is -1.01. The molecule has 1 saturated carbocycles. The van der Waals surface area contributed by atoms with Gasteiger partial charge >= 0.3 is 5.97 Å². The molecule has 0 spiro atoms. The summed E-state index contributed by atoms with van der Waals surface area (Å²) in [6.45, 7) is 0. The Balaban J connectivity index is 2.32. The summed E-state index contributed by atoms with van der Waals surface area (Å²) >= 11 is 3.29. The molecule has 0 unspecified atom stereocenters. The largest absolute Gasteiger partial charge is 0.476 e. The number of hydrogen-bond donors (Lipinski definition) is 1. The van der Waals surface area contributed by atoms with E-state index in [-0.39, 0.29) is 5.69 Å². The highest BCUT2D eigenvalue weighted by Gasteiger charge is 2.29. The highest BCUT2D eigenvalue weighted by Crippen LogP contribution is 2.37. The molecule has 82 valence electrons. The van der Waals surface area contributed by atoms with Crippen LogP contribution in [0.5, 0.6) is 0 Å². The Kier molecular flexibility index (Phi) is 2.00. The zero-order chi connectivity index (χ0) is 11.3. The number of carboxylic acids is 1. The van der Waals surface area contributed by atoms with Crippen LogP contribution in [0.4, 0.5) is 0 Å². The molecule has 2 aromatic heterocycles. The van der Waals surface area contributed by atoms with E-state index in [0.29, 0.717) is 17.1 Å². The molecule has 1 aliphatic carbocycles. The Morgan fingerprint density at radius 1 is 1.56 bits per heavy atom. The van der Waals surface area contributed by atoms with Gasteiger partial charge in [-0.05, 0) is 34.8 Å². The quantitative estimate of drug-likeness (QED) is 0.917. The maximum absolute atomic E-state index is 11.1. The van der Waals surface area contributed by atoms with Gasteiger partial charge in [0.05, 0.1) is 11.4 Å². The summed E-state index contributed by atoms with van der Waals surface area (Å²) in [6, 6.07) is 2.07. The van der Waals surface area contributed by atoms with Gasteiger partial charge in [0.2, 0.25) is 0 Å². The molecule has 3 rings (SSSR count). The van der Waals surface area contributed by atoms with Crippen molar-refractivity contribution in [2.24, 2.45) is 0 Å². The molecule has 1 aliphatic rings. The Morgan fingerprint density at radius 3 is 2.94 bits per heavy atom. The normalized spacial score (nSPS) is 15.6. The number of rotatable bonds is 2. The first-order valence-electron chi connectivity index (χ1n) is 4.94. The van der Waals surface area contributed by atoms with E-state index in [0.717, 1.165) is 17.3 Å². The summed E-state index contributed by atoms with van der Waals surface area (Å²) in [6.07, 6.45) is 3.76. The van der Waals surface area contributed by atoms with Gasteiger partial charge in [0.25, 0.3) is 0 Å². The van der Waals surface area contributed by atoms with Crippen LogP contribution in [0.1, 0.15) is 29.4 Å². The maximum Gasteiger partial charge on any atom is 0.357 e. The van der Waals surface area contributed by atoms with Gasteiger partial charge < -0.3 is 5.11 Å². The number of halogens is 1. The van der Waals surface area contributed by atoms with Crippen molar-refractivity contribution >= 4 is 32.9 Å². The number of aromatic carboxylic acids is 1. The van der Waals surface area contributed by atoms with E-state index < -0.39 is 5.97 Å². The predicted molar refractivity (Wildman–Crippen MR) is 60.5 cm³/mol. The second-order valence-corrected chi connectivity index (χ2v) is 4.77. The van der Waals surface area contributed by atoms with Crippen molar-refractivity contribution in [1.82, 2.24) is 14.8 Å². The molecule has 6 heteroatoms. The zero-order valence-corrected chi connectivity index (χ0v) is 9.81. The molecule has 0 amide bonds. The summed E-state index contributed by atoms with van der Waals surface area (Å²) < 4.78 is 2.49. The molecular weight excluding hydrogens is 274 g/mol. The van der Waals surface area contributed by atoms with Gasteiger partial charge in [-0.15, -0.1) is 0 Å². The summed E-state index contributed by atoms with van der Waals surface area (Å²) in [5.74, 6) is -1.01. The molecule has 5 nitrogen and oxygen atoms in total. The molecule has 0 bridgehead atoms. The van der Waals surface area contributed by atoms with Crippen LogP contribution >= 0.6 is 15.9 Å². The van der Waals surface area contributed by atoms with Crippen LogP contribution in [0, 0.1) is 0 Å². The molecule has 0 aromatic carbocycles. The van der Waals surface area contributed by atoms with E-state index in [1.807, 2.05) is 0 Å². The monoisotopic (exact) mass is 281 g/mol. The van der Waals surface area contributed by atoms with E-state index in [1.54, 1.807) is 16.9 Å². The van der Waals surface area contributed by atoms with Gasteiger partial charge in [-0.3, -0.25) is 0 Å². The second-order valence-electron chi connectivity index (χ2n) is 3.85. The number of aromatic nitrogens is 3. The number of fused-ring (bicyclic) bond motifs is 1. The van der Waals surface area contributed by atoms with Crippen LogP contribution < -0.4 is 0 Å². The van der Waals surface area contributed by atoms with Gasteiger partial charge in [-0.2, -0.15) is 5.10 Å². The fourth-order valence-corrected chi connectivity index (χ4v) is 2.06. The Bertz CT molecular complexity index is 589. The van der Waals surface area contributed by atoms with Gasteiger partial charge in [0, 0.05) is 10.7 Å². The molecule has 0 radical (unpaired) electrons. The molecule has 1 N–H and O–H groups in total. The molecule has 0 aliphatic heterocycles. The minimum Gasteiger partial charge on any atom is -0.476 e. The van der Waals surface area contributed by atoms with Gasteiger partial charge in [-0.1, -0.05) is 0 Å². The summed E-state index contributed by atoms with van der Waals surface area (Å²) in [4.78, 5) is 15.3. The topological polar surface area (TPSA) is 68.0 Å². The Hall–Kier alpha value is -1.43. The van der Waals surface area contributed by atoms with E-state index in [2.05, 4.69) is 26.0 Å². The lowest BCUT2D eigenvalue weighted by atomic mass is 10.3. The number of pyridine rings is 1. The minimum absolute atomic E-state index is 0.0794. The van der Waals surface area contributed by atoms with Crippen molar-refractivity contribution in [2.45, 2.75) is 18.9 Å². The average Bonchev–Trinajstić information content (AvgIpc) is 2.99. The molecule has 1 fully saturated rings. The smallest absolute Gasteiger partial charge is 0.357 e. The Morgan fingerprint density at radius 2 is 2.31 bits per heavy atom. The summed E-state index contributed by atoms with van der Waals surface area (Å²) in [5, 5.41) is 13.8. The van der Waals surface area contributed by atoms with E-state index in [4.69, 9.17) is 5.11 Å². The summed E-state index contributed by atoms with van der Waals surface area (Å²) in [7, 11) is 0. The first kappa shape index (κ1) is 9.77. The fraction of sp³-hybridized carbons (Fsp3) is 0.300. The van der Waals surface area contributed by atoms with Crippen molar-refractivity contribution in [3.63, 3.8) is 0 Å². The van der Waals surface area contributed by atoms with Crippen molar-refractivity contribution in [3.8, 4) is 0 Å². The number of hydrogen-bond acceptors (Lipinski definition) is 3. The van der Waals surface area contributed by atoms with Crippen molar-refractivity contribution in [2.75, 3.05) is 0 Å². The van der Waals surface area contributed by atoms with Gasteiger partial charge in [0.1, 0.15) is 0 Å². The lowest BCUT2D eigenvalue weighted by Crippen LogP contribution is -2.01. The zero-order valence-electron chi connectivity index (χ0n) is 8.22. The lowest BCUT2D eigenvalue weighted by molar-refractivity contribution is 0.0691. The van der Waals surface area contributed by atoms with Gasteiger partial charge in [0.15, 0.2) is 11.3 Å². The van der Waals surface area contributed by atoms with Crippen LogP contribution in [0.15, 0.2) is 16.7 Å². The number of carboxylic acid groups (broad SMARTS) is 1. The van der Waals surface area contributed by atoms with E-state index in [9.17, 15) is 4.79 Å². The highest BCUT2D eigenvalue weighted by molar-refractivity contribution is 9.10. The highest BCUT2D eigenvalue weighted by atomic mass is 79.9. The second kappa shape index (κ2) is 3.28. The number of carbonyl (C=O) groups is 1. The SMILES string of the molecule is O=C(O)c1nn(C2CC2)c2ncc(Br)cc12. The molecule has 2 aromatic rings. The van der Waals surface area contributed by atoms with Crippen LogP contribution in [-0.4, -0.2) is 25.8 Å². The lowest BCUT2D eigenvalue weighted by Gasteiger charge is -1.97. The van der Waals surface area contributed by atoms with Crippen molar-refractivity contribution in [3.05, 3.63) is 22.4 Å². The van der Waals surface area contributed by atoms with E-state index >= 15 is 0 Å². The molecule has 0 saturated heterocycles. The predicted octanol–water partition coefficient (Wildman–Crippen LogP) is 2.23. The van der Waals surface area contributed by atoms with Crippen molar-refractivity contribution in [1.29, 1.82) is 0 Å². The van der Waals surface area contributed by atoms with Crippen molar-refractivity contribution < 1.29 is 9.90 Å². The van der Waals surface area contributed by atoms with Crippen LogP contribution in [0.2, 0.25) is 0 Å². The first-order chi connectivity index (χ1) is 7.66. The molecule has 0 atom stereocenters. The first-order valence-corrected chi connectivity index (χ1v) is 5.73. The fourth-order valence-electron chi connectivity index (χ4n) is 1.73. The van der Waals surface area contributed by atoms with Crippen LogP contribution in [-0.2, 0) is 0 Å². The Labute approximate surface area is 99.2 Å². The maximum atomic E-state index is 11.1. The molecule has 16 heavy (non-hydrogen) atoms. The standard InChI is InChI=1S/C10H8BrN3O2/c11-5-3-7-8(10(15)16)13-14(6-1-2-6)9(7)12-4-5/h3-4,6H,1-2H2,(H,15,16). The third-order valence-corrected chi connectivity index (χ3v) is 3.04.